The van der Waals surface area contributed by atoms with Gasteiger partial charge in [0.1, 0.15) is 17.8 Å². The van der Waals surface area contributed by atoms with E-state index in [2.05, 4.69) is 15.5 Å². The molecule has 0 aliphatic carbocycles. The van der Waals surface area contributed by atoms with Crippen LogP contribution in [0.25, 0.3) is 5.69 Å². The molecular weight excluding hydrogens is 344 g/mol. The van der Waals surface area contributed by atoms with Crippen LogP contribution in [0.2, 0.25) is 5.02 Å². The van der Waals surface area contributed by atoms with Gasteiger partial charge in [-0.15, -0.1) is 5.10 Å². The molecule has 0 spiro atoms. The van der Waals surface area contributed by atoms with Gasteiger partial charge in [0, 0.05) is 5.02 Å². The van der Waals surface area contributed by atoms with Gasteiger partial charge in [-0.3, -0.25) is 0 Å². The predicted octanol–water partition coefficient (Wildman–Crippen LogP) is 2.92. The van der Waals surface area contributed by atoms with Crippen molar-refractivity contribution in [3.63, 3.8) is 0 Å². The Hall–Kier alpha value is -2.93. The van der Waals surface area contributed by atoms with E-state index < -0.39 is 5.97 Å². The summed E-state index contributed by atoms with van der Waals surface area (Å²) < 4.78 is 12.2. The molecule has 3 rings (SSSR count). The maximum atomic E-state index is 11.9. The summed E-state index contributed by atoms with van der Waals surface area (Å²) in [5.41, 5.74) is 2.54. The summed E-state index contributed by atoms with van der Waals surface area (Å²) in [6.45, 7) is 3.56. The van der Waals surface area contributed by atoms with Gasteiger partial charge in [-0.1, -0.05) is 11.6 Å². The van der Waals surface area contributed by atoms with Crippen molar-refractivity contribution in [1.82, 2.24) is 20.2 Å². The molecule has 8 heteroatoms. The van der Waals surface area contributed by atoms with Crippen molar-refractivity contribution in [2.75, 3.05) is 6.61 Å². The van der Waals surface area contributed by atoms with E-state index in [9.17, 15) is 4.79 Å². The molecule has 0 bridgehead atoms. The average molecular weight is 359 g/mol. The van der Waals surface area contributed by atoms with Crippen molar-refractivity contribution < 1.29 is 14.3 Å². The van der Waals surface area contributed by atoms with Crippen LogP contribution in [0, 0.1) is 13.8 Å². The second-order valence-electron chi connectivity index (χ2n) is 5.38. The Morgan fingerprint density at radius 1 is 1.12 bits per heavy atom. The molecule has 7 nitrogen and oxygen atoms in total. The minimum absolute atomic E-state index is 0.199. The number of esters is 1. The Bertz CT molecular complexity index is 856. The molecule has 0 atom stereocenters. The molecule has 2 aromatic carbocycles. The number of tetrazole rings is 1. The molecule has 0 aliphatic rings. The normalized spacial score (nSPS) is 10.5. The van der Waals surface area contributed by atoms with Crippen molar-refractivity contribution in [1.29, 1.82) is 0 Å². The molecule has 0 saturated carbocycles. The first-order chi connectivity index (χ1) is 12.0. The van der Waals surface area contributed by atoms with Crippen LogP contribution < -0.4 is 9.47 Å². The highest BCUT2D eigenvalue weighted by molar-refractivity contribution is 6.32. The second kappa shape index (κ2) is 7.31. The van der Waals surface area contributed by atoms with Crippen molar-refractivity contribution in [3.8, 4) is 17.2 Å². The van der Waals surface area contributed by atoms with Crippen LogP contribution in [-0.2, 0) is 4.79 Å². The fourth-order valence-electron chi connectivity index (χ4n) is 2.24. The number of aryl methyl sites for hydroxylation is 2. The quantitative estimate of drug-likeness (QED) is 0.515. The lowest BCUT2D eigenvalue weighted by atomic mass is 10.1. The number of aromatic nitrogens is 4. The minimum Gasteiger partial charge on any atom is -0.482 e. The van der Waals surface area contributed by atoms with Crippen LogP contribution in [0.15, 0.2) is 42.7 Å². The SMILES string of the molecule is Cc1cc(OCC(=O)Oc2ccc(-n3cnnn3)cc2)cc(C)c1Cl. The van der Waals surface area contributed by atoms with Crippen molar-refractivity contribution in [3.05, 3.63) is 58.9 Å². The summed E-state index contributed by atoms with van der Waals surface area (Å²) in [6, 6.07) is 10.4. The van der Waals surface area contributed by atoms with Crippen LogP contribution in [-0.4, -0.2) is 32.8 Å². The Balaban J connectivity index is 1.57. The predicted molar refractivity (Wildman–Crippen MR) is 91.2 cm³/mol. The molecule has 1 aromatic heterocycles. The van der Waals surface area contributed by atoms with E-state index in [1.165, 1.54) is 11.0 Å². The molecule has 1 heterocycles. The molecular formula is C17H15ClN4O3. The molecule has 0 fully saturated rings. The zero-order chi connectivity index (χ0) is 17.8. The van der Waals surface area contributed by atoms with Gasteiger partial charge in [-0.25, -0.2) is 9.48 Å². The number of hydrogen-bond donors (Lipinski definition) is 0. The van der Waals surface area contributed by atoms with Crippen LogP contribution in [0.3, 0.4) is 0 Å². The average Bonchev–Trinajstić information content (AvgIpc) is 3.13. The Kier molecular flexibility index (Phi) is 4.95. The van der Waals surface area contributed by atoms with Gasteiger partial charge in [0.25, 0.3) is 0 Å². The van der Waals surface area contributed by atoms with E-state index in [0.717, 1.165) is 16.8 Å². The molecule has 0 radical (unpaired) electrons. The van der Waals surface area contributed by atoms with Crippen molar-refractivity contribution in [2.45, 2.75) is 13.8 Å². The van der Waals surface area contributed by atoms with E-state index >= 15 is 0 Å². The number of benzene rings is 2. The van der Waals surface area contributed by atoms with E-state index in [4.69, 9.17) is 21.1 Å². The molecule has 3 aromatic rings. The highest BCUT2D eigenvalue weighted by Crippen LogP contribution is 2.25. The molecule has 0 saturated heterocycles. The molecule has 0 unspecified atom stereocenters. The van der Waals surface area contributed by atoms with E-state index in [0.29, 0.717) is 16.5 Å². The molecule has 25 heavy (non-hydrogen) atoms. The van der Waals surface area contributed by atoms with Gasteiger partial charge < -0.3 is 9.47 Å². The monoisotopic (exact) mass is 358 g/mol. The lowest BCUT2D eigenvalue weighted by Crippen LogP contribution is -2.17. The maximum absolute atomic E-state index is 11.9. The third-order valence-electron chi connectivity index (χ3n) is 3.45. The smallest absolute Gasteiger partial charge is 0.349 e. The third-order valence-corrected chi connectivity index (χ3v) is 4.04. The summed E-state index contributed by atoms with van der Waals surface area (Å²) in [7, 11) is 0. The Morgan fingerprint density at radius 2 is 1.80 bits per heavy atom. The van der Waals surface area contributed by atoms with E-state index in [1.807, 2.05) is 13.8 Å². The minimum atomic E-state index is -0.500. The number of rotatable bonds is 5. The summed E-state index contributed by atoms with van der Waals surface area (Å²) in [5, 5.41) is 11.6. The van der Waals surface area contributed by atoms with Crippen LogP contribution in [0.4, 0.5) is 0 Å². The number of hydrogen-bond acceptors (Lipinski definition) is 6. The molecule has 0 aliphatic heterocycles. The van der Waals surface area contributed by atoms with Crippen LogP contribution >= 0.6 is 11.6 Å². The number of nitrogens with zero attached hydrogens (tertiary/aromatic N) is 4. The molecule has 0 amide bonds. The fraction of sp³-hybridized carbons (Fsp3) is 0.176. The van der Waals surface area contributed by atoms with Gasteiger partial charge in [0.2, 0.25) is 0 Å². The first-order valence-corrected chi connectivity index (χ1v) is 7.84. The Morgan fingerprint density at radius 3 is 2.40 bits per heavy atom. The summed E-state index contributed by atoms with van der Waals surface area (Å²) in [4.78, 5) is 11.9. The van der Waals surface area contributed by atoms with E-state index in [1.54, 1.807) is 36.4 Å². The lowest BCUT2D eigenvalue weighted by molar-refractivity contribution is -0.136. The molecule has 0 N–H and O–H groups in total. The standard InChI is InChI=1S/C17H15ClN4O3/c1-11-7-15(8-12(2)17(11)18)24-9-16(23)25-14-5-3-13(4-6-14)22-10-19-20-21-22/h3-8,10H,9H2,1-2H3. The maximum Gasteiger partial charge on any atom is 0.349 e. The second-order valence-corrected chi connectivity index (χ2v) is 5.76. The van der Waals surface area contributed by atoms with Crippen molar-refractivity contribution in [2.24, 2.45) is 0 Å². The van der Waals surface area contributed by atoms with Gasteiger partial charge in [0.15, 0.2) is 6.61 Å². The largest absolute Gasteiger partial charge is 0.482 e. The van der Waals surface area contributed by atoms with Gasteiger partial charge in [0.05, 0.1) is 5.69 Å². The lowest BCUT2D eigenvalue weighted by Gasteiger charge is -2.10. The number of carbonyl (C=O) groups is 1. The summed E-state index contributed by atoms with van der Waals surface area (Å²) >= 11 is 6.11. The number of ether oxygens (including phenoxy) is 2. The molecule has 128 valence electrons. The summed E-state index contributed by atoms with van der Waals surface area (Å²) in [5.74, 6) is 0.486. The topological polar surface area (TPSA) is 79.1 Å². The number of halogens is 1. The fourth-order valence-corrected chi connectivity index (χ4v) is 2.35. The zero-order valence-corrected chi connectivity index (χ0v) is 14.4. The highest BCUT2D eigenvalue weighted by atomic mass is 35.5. The van der Waals surface area contributed by atoms with E-state index in [-0.39, 0.29) is 6.61 Å². The summed E-state index contributed by atoms with van der Waals surface area (Å²) in [6.07, 6.45) is 1.48. The van der Waals surface area contributed by atoms with Crippen LogP contribution in [0.5, 0.6) is 11.5 Å². The van der Waals surface area contributed by atoms with Gasteiger partial charge in [-0.05, 0) is 71.8 Å². The first kappa shape index (κ1) is 16.9. The Labute approximate surface area is 149 Å². The van der Waals surface area contributed by atoms with Gasteiger partial charge in [-0.2, -0.15) is 0 Å². The highest BCUT2D eigenvalue weighted by Gasteiger charge is 2.09. The number of carbonyl (C=O) groups excluding carboxylic acids is 1. The first-order valence-electron chi connectivity index (χ1n) is 7.46. The van der Waals surface area contributed by atoms with Gasteiger partial charge >= 0.3 is 5.97 Å². The third kappa shape index (κ3) is 4.13. The zero-order valence-electron chi connectivity index (χ0n) is 13.6. The van der Waals surface area contributed by atoms with Crippen LogP contribution in [0.1, 0.15) is 11.1 Å². The van der Waals surface area contributed by atoms with Crippen molar-refractivity contribution >= 4 is 17.6 Å².